The Kier molecular flexibility index (Phi) is 6.64. The summed E-state index contributed by atoms with van der Waals surface area (Å²) < 4.78 is 18.7. The summed E-state index contributed by atoms with van der Waals surface area (Å²) in [5.41, 5.74) is 1.24. The number of methoxy groups -OCH3 is 1. The molecule has 2 aromatic carbocycles. The quantitative estimate of drug-likeness (QED) is 0.801. The topological polar surface area (TPSA) is 42.8 Å². The van der Waals surface area contributed by atoms with Crippen molar-refractivity contribution in [2.75, 3.05) is 19.5 Å². The minimum absolute atomic E-state index is 0.197. The van der Waals surface area contributed by atoms with Crippen molar-refractivity contribution < 1.29 is 18.8 Å². The number of rotatable bonds is 6. The van der Waals surface area contributed by atoms with E-state index in [1.165, 1.54) is 13.2 Å². The number of likely N-dealkylation sites (N-methyl/N-ethyl adjacent to an activating group) is 1. The van der Waals surface area contributed by atoms with Crippen molar-refractivity contribution in [1.82, 2.24) is 0 Å². The van der Waals surface area contributed by atoms with Gasteiger partial charge in [-0.15, -0.1) is 0 Å². The van der Waals surface area contributed by atoms with Gasteiger partial charge in [0.25, 0.3) is 5.91 Å². The second-order valence-corrected chi connectivity index (χ2v) is 6.67. The number of halogens is 3. The van der Waals surface area contributed by atoms with E-state index < -0.39 is 5.82 Å². The molecule has 1 amide bonds. The van der Waals surface area contributed by atoms with Gasteiger partial charge in [-0.05, 0) is 43.3 Å². The van der Waals surface area contributed by atoms with Crippen LogP contribution in [0.4, 0.5) is 10.1 Å². The lowest BCUT2D eigenvalue weighted by atomic mass is 10.1. The van der Waals surface area contributed by atoms with Gasteiger partial charge in [-0.25, -0.2) is 4.39 Å². The summed E-state index contributed by atoms with van der Waals surface area (Å²) >= 11 is 12.0. The van der Waals surface area contributed by atoms with Crippen LogP contribution in [0.1, 0.15) is 12.5 Å². The summed E-state index contributed by atoms with van der Waals surface area (Å²) in [6.45, 7) is 2.28. The third kappa shape index (κ3) is 5.08. The summed E-state index contributed by atoms with van der Waals surface area (Å²) in [5.74, 6) is -0.422. The molecule has 25 heavy (non-hydrogen) atoms. The number of carbonyl (C=O) groups excluding carboxylic acids is 1. The van der Waals surface area contributed by atoms with Gasteiger partial charge in [-0.1, -0.05) is 23.2 Å². The summed E-state index contributed by atoms with van der Waals surface area (Å²) in [6.07, 6.45) is 0. The number of carbonyl (C=O) groups is 1. The third-order valence-corrected chi connectivity index (χ3v) is 4.58. The van der Waals surface area contributed by atoms with Crippen LogP contribution in [0.15, 0.2) is 36.4 Å². The Bertz CT molecular complexity index is 771. The molecule has 2 aromatic rings. The van der Waals surface area contributed by atoms with Crippen LogP contribution in [0.3, 0.4) is 0 Å². The SMILES string of the molecule is COc1ccc(C[NH+](C)[C@H](C)C(=O)Nc2cc(Cl)ccc2Cl)cc1F. The van der Waals surface area contributed by atoms with Gasteiger partial charge in [0, 0.05) is 10.6 Å². The number of amides is 1. The first-order valence-corrected chi connectivity index (χ1v) is 8.48. The van der Waals surface area contributed by atoms with Crippen molar-refractivity contribution >= 4 is 34.8 Å². The molecule has 0 aromatic heterocycles. The zero-order valence-corrected chi connectivity index (χ0v) is 15.7. The van der Waals surface area contributed by atoms with E-state index in [1.54, 1.807) is 37.3 Å². The van der Waals surface area contributed by atoms with Crippen LogP contribution < -0.4 is 15.0 Å². The molecule has 0 saturated heterocycles. The Morgan fingerprint density at radius 1 is 1.28 bits per heavy atom. The van der Waals surface area contributed by atoms with Crippen LogP contribution in [0, 0.1) is 5.82 Å². The fourth-order valence-corrected chi connectivity index (χ4v) is 2.69. The first-order chi connectivity index (χ1) is 11.8. The van der Waals surface area contributed by atoms with E-state index >= 15 is 0 Å². The fraction of sp³-hybridized carbons (Fsp3) is 0.278. The van der Waals surface area contributed by atoms with E-state index in [0.29, 0.717) is 22.3 Å². The highest BCUT2D eigenvalue weighted by Crippen LogP contribution is 2.25. The maximum atomic E-state index is 13.8. The molecule has 0 saturated carbocycles. The van der Waals surface area contributed by atoms with Gasteiger partial charge in [-0.2, -0.15) is 0 Å². The van der Waals surface area contributed by atoms with E-state index in [4.69, 9.17) is 27.9 Å². The molecule has 0 radical (unpaired) electrons. The predicted molar refractivity (Wildman–Crippen MR) is 98.1 cm³/mol. The molecule has 0 aliphatic carbocycles. The molecule has 4 nitrogen and oxygen atoms in total. The van der Waals surface area contributed by atoms with Gasteiger partial charge in [0.05, 0.1) is 24.9 Å². The minimum Gasteiger partial charge on any atom is -0.494 e. The lowest BCUT2D eigenvalue weighted by Crippen LogP contribution is -3.12. The van der Waals surface area contributed by atoms with E-state index in [0.717, 1.165) is 10.5 Å². The van der Waals surface area contributed by atoms with Crippen LogP contribution in [-0.4, -0.2) is 26.1 Å². The van der Waals surface area contributed by atoms with Crippen molar-refractivity contribution in [3.8, 4) is 5.75 Å². The Labute approximate surface area is 156 Å². The van der Waals surface area contributed by atoms with Crippen LogP contribution in [0.5, 0.6) is 5.75 Å². The lowest BCUT2D eigenvalue weighted by molar-refractivity contribution is -0.907. The predicted octanol–water partition coefficient (Wildman–Crippen LogP) is 3.18. The molecule has 0 spiro atoms. The molecule has 1 unspecified atom stereocenters. The number of ether oxygens (including phenoxy) is 1. The van der Waals surface area contributed by atoms with E-state index in [9.17, 15) is 9.18 Å². The number of hydrogen-bond donors (Lipinski definition) is 2. The largest absolute Gasteiger partial charge is 0.494 e. The average Bonchev–Trinajstić information content (AvgIpc) is 2.57. The Balaban J connectivity index is 2.03. The Morgan fingerprint density at radius 3 is 2.64 bits per heavy atom. The first-order valence-electron chi connectivity index (χ1n) is 7.72. The second kappa shape index (κ2) is 8.52. The molecular weight excluding hydrogens is 366 g/mol. The van der Waals surface area contributed by atoms with Gasteiger partial charge >= 0.3 is 0 Å². The standard InChI is InChI=1S/C18H19Cl2FN2O2/c1-11(18(24)22-16-9-13(19)5-6-14(16)20)23(2)10-12-4-7-17(25-3)15(21)8-12/h4-9,11H,10H2,1-3H3,(H,22,24)/p+1/t11-/m1/s1. The molecule has 0 aliphatic rings. The van der Waals surface area contributed by atoms with Crippen LogP contribution in [0.2, 0.25) is 10.0 Å². The Morgan fingerprint density at radius 2 is 2.00 bits per heavy atom. The van der Waals surface area contributed by atoms with E-state index in [2.05, 4.69) is 5.32 Å². The van der Waals surface area contributed by atoms with Crippen LogP contribution >= 0.6 is 23.2 Å². The number of hydrogen-bond acceptors (Lipinski definition) is 2. The number of anilines is 1. The molecule has 2 atom stereocenters. The van der Waals surface area contributed by atoms with Gasteiger partial charge in [0.2, 0.25) is 0 Å². The molecule has 2 rings (SSSR count). The number of quaternary nitrogens is 1. The summed E-state index contributed by atoms with van der Waals surface area (Å²) in [6, 6.07) is 9.28. The molecule has 134 valence electrons. The second-order valence-electron chi connectivity index (χ2n) is 5.83. The van der Waals surface area contributed by atoms with Gasteiger partial charge < -0.3 is 15.0 Å². The molecular formula is C18H20Cl2FN2O2+. The highest BCUT2D eigenvalue weighted by molar-refractivity contribution is 6.35. The van der Waals surface area contributed by atoms with E-state index in [1.807, 2.05) is 7.05 Å². The molecule has 0 bridgehead atoms. The van der Waals surface area contributed by atoms with Crippen molar-refractivity contribution in [3.63, 3.8) is 0 Å². The summed E-state index contributed by atoms with van der Waals surface area (Å²) in [5, 5.41) is 3.68. The summed E-state index contributed by atoms with van der Waals surface area (Å²) in [4.78, 5) is 13.4. The van der Waals surface area contributed by atoms with Crippen LogP contribution in [-0.2, 0) is 11.3 Å². The van der Waals surface area contributed by atoms with Crippen molar-refractivity contribution in [2.24, 2.45) is 0 Å². The lowest BCUT2D eigenvalue weighted by Gasteiger charge is -2.21. The number of nitrogens with one attached hydrogen (secondary N) is 2. The molecule has 7 heteroatoms. The molecule has 0 heterocycles. The highest BCUT2D eigenvalue weighted by Gasteiger charge is 2.23. The maximum Gasteiger partial charge on any atom is 0.282 e. The maximum absolute atomic E-state index is 13.8. The molecule has 0 aliphatic heterocycles. The van der Waals surface area contributed by atoms with Gasteiger partial charge in [-0.3, -0.25) is 4.79 Å². The molecule has 0 fully saturated rings. The van der Waals surface area contributed by atoms with E-state index in [-0.39, 0.29) is 17.7 Å². The van der Waals surface area contributed by atoms with Crippen molar-refractivity contribution in [2.45, 2.75) is 19.5 Å². The zero-order chi connectivity index (χ0) is 18.6. The Hall–Kier alpha value is -1.82. The number of benzene rings is 2. The first kappa shape index (κ1) is 19.5. The average molecular weight is 386 g/mol. The minimum atomic E-state index is -0.421. The van der Waals surface area contributed by atoms with Crippen molar-refractivity contribution in [1.29, 1.82) is 0 Å². The smallest absolute Gasteiger partial charge is 0.282 e. The van der Waals surface area contributed by atoms with Crippen molar-refractivity contribution in [3.05, 3.63) is 57.8 Å². The summed E-state index contributed by atoms with van der Waals surface area (Å²) in [7, 11) is 3.29. The van der Waals surface area contributed by atoms with Gasteiger partial charge in [0.1, 0.15) is 6.54 Å². The monoisotopic (exact) mass is 385 g/mol. The molecule has 2 N–H and O–H groups in total. The van der Waals surface area contributed by atoms with Gasteiger partial charge in [0.15, 0.2) is 17.6 Å². The highest BCUT2D eigenvalue weighted by atomic mass is 35.5. The van der Waals surface area contributed by atoms with Crippen LogP contribution in [0.25, 0.3) is 0 Å². The third-order valence-electron chi connectivity index (χ3n) is 4.02. The fourth-order valence-electron chi connectivity index (χ4n) is 2.35. The zero-order valence-electron chi connectivity index (χ0n) is 14.2. The normalized spacial score (nSPS) is 13.2.